The van der Waals surface area contributed by atoms with E-state index < -0.39 is 0 Å². The number of aromatic nitrogens is 2. The van der Waals surface area contributed by atoms with Crippen LogP contribution in [0.3, 0.4) is 0 Å². The third kappa shape index (κ3) is 4.91. The number of aryl methyl sites for hydroxylation is 1. The summed E-state index contributed by atoms with van der Waals surface area (Å²) in [5, 5.41) is 3.19. The Kier molecular flexibility index (Phi) is 4.56. The van der Waals surface area contributed by atoms with Crippen molar-refractivity contribution in [2.75, 3.05) is 5.73 Å². The Morgan fingerprint density at radius 1 is 1.44 bits per heavy atom. The van der Waals surface area contributed by atoms with Crippen molar-refractivity contribution >= 4 is 23.5 Å². The van der Waals surface area contributed by atoms with Gasteiger partial charge in [0.05, 0.1) is 5.25 Å². The van der Waals surface area contributed by atoms with Crippen molar-refractivity contribution in [3.05, 3.63) is 11.8 Å². The highest BCUT2D eigenvalue weighted by Gasteiger charge is 2.21. The molecule has 0 saturated carbocycles. The van der Waals surface area contributed by atoms with Crippen LogP contribution in [0.15, 0.2) is 11.2 Å². The number of nitrogens with two attached hydrogens (primary N) is 1. The molecule has 1 atom stereocenters. The fourth-order valence-electron chi connectivity index (χ4n) is 1.30. The molecule has 0 fully saturated rings. The largest absolute Gasteiger partial charge is 0.384 e. The number of nitrogens with zero attached hydrogens (tertiary/aromatic N) is 2. The lowest BCUT2D eigenvalue weighted by Gasteiger charge is -2.22. The number of hydrogen-bond donors (Lipinski definition) is 2. The van der Waals surface area contributed by atoms with Crippen molar-refractivity contribution in [3.8, 4) is 0 Å². The van der Waals surface area contributed by atoms with Gasteiger partial charge in [-0.2, -0.15) is 0 Å². The highest BCUT2D eigenvalue weighted by atomic mass is 32.2. The van der Waals surface area contributed by atoms with E-state index in [1.807, 2.05) is 34.6 Å². The van der Waals surface area contributed by atoms with Gasteiger partial charge in [0.2, 0.25) is 5.91 Å². The second-order valence-electron chi connectivity index (χ2n) is 5.22. The van der Waals surface area contributed by atoms with Gasteiger partial charge in [-0.3, -0.25) is 4.79 Å². The van der Waals surface area contributed by atoms with Crippen molar-refractivity contribution in [1.29, 1.82) is 0 Å². The number of nitrogens with one attached hydrogen (secondary N) is 1. The van der Waals surface area contributed by atoms with Gasteiger partial charge < -0.3 is 11.1 Å². The molecule has 0 aliphatic rings. The average molecular weight is 268 g/mol. The first-order chi connectivity index (χ1) is 8.17. The van der Waals surface area contributed by atoms with Gasteiger partial charge in [-0.1, -0.05) is 11.8 Å². The van der Waals surface area contributed by atoms with Gasteiger partial charge in [0, 0.05) is 17.3 Å². The number of hydrogen-bond acceptors (Lipinski definition) is 5. The molecule has 0 aromatic carbocycles. The van der Waals surface area contributed by atoms with Crippen LogP contribution in [0.1, 0.15) is 33.4 Å². The fraction of sp³-hybridized carbons (Fsp3) is 0.583. The summed E-state index contributed by atoms with van der Waals surface area (Å²) < 4.78 is 0. The van der Waals surface area contributed by atoms with E-state index in [4.69, 9.17) is 5.73 Å². The Bertz CT molecular complexity index is 422. The summed E-state index contributed by atoms with van der Waals surface area (Å²) in [6.07, 6.45) is 0. The Hall–Kier alpha value is -1.30. The number of anilines is 1. The van der Waals surface area contributed by atoms with Crippen molar-refractivity contribution < 1.29 is 4.79 Å². The molecular formula is C12H20N4OS. The molecule has 5 nitrogen and oxygen atoms in total. The van der Waals surface area contributed by atoms with E-state index in [1.165, 1.54) is 11.8 Å². The van der Waals surface area contributed by atoms with Crippen LogP contribution >= 0.6 is 11.8 Å². The van der Waals surface area contributed by atoms with E-state index in [1.54, 1.807) is 6.07 Å². The predicted octanol–water partition coefficient (Wildman–Crippen LogP) is 1.76. The zero-order valence-electron chi connectivity index (χ0n) is 11.4. The van der Waals surface area contributed by atoms with Crippen molar-refractivity contribution in [3.63, 3.8) is 0 Å². The topological polar surface area (TPSA) is 80.9 Å². The zero-order valence-corrected chi connectivity index (χ0v) is 12.3. The molecular weight excluding hydrogens is 248 g/mol. The molecule has 1 amide bonds. The van der Waals surface area contributed by atoms with Crippen LogP contribution in [0.25, 0.3) is 0 Å². The molecule has 0 radical (unpaired) electrons. The van der Waals surface area contributed by atoms with Gasteiger partial charge in [-0.15, -0.1) is 0 Å². The minimum absolute atomic E-state index is 0.0313. The Labute approximate surface area is 112 Å². The second-order valence-corrected chi connectivity index (χ2v) is 6.52. The minimum atomic E-state index is -0.259. The lowest BCUT2D eigenvalue weighted by Crippen LogP contribution is -2.44. The first-order valence-corrected chi connectivity index (χ1v) is 6.65. The standard InChI is InChI=1S/C12H20N4OS/c1-7-6-9(13)15-11(14-7)18-8(2)10(17)16-12(3,4)5/h6,8H,1-5H3,(H,16,17)(H2,13,14,15)/t8-/m1/s1. The maximum absolute atomic E-state index is 11.9. The SMILES string of the molecule is Cc1cc(N)nc(S[C@H](C)C(=O)NC(C)(C)C)n1. The van der Waals surface area contributed by atoms with Crippen LogP contribution in [0.2, 0.25) is 0 Å². The summed E-state index contributed by atoms with van der Waals surface area (Å²) >= 11 is 1.31. The quantitative estimate of drug-likeness (QED) is 0.645. The van der Waals surface area contributed by atoms with Gasteiger partial charge in [0.15, 0.2) is 5.16 Å². The van der Waals surface area contributed by atoms with Gasteiger partial charge in [0.25, 0.3) is 0 Å². The van der Waals surface area contributed by atoms with Crippen molar-refractivity contribution in [1.82, 2.24) is 15.3 Å². The van der Waals surface area contributed by atoms with Gasteiger partial charge in [-0.05, 0) is 34.6 Å². The second kappa shape index (κ2) is 5.56. The molecule has 0 aliphatic heterocycles. The monoisotopic (exact) mass is 268 g/mol. The summed E-state index contributed by atoms with van der Waals surface area (Å²) in [6, 6.07) is 1.70. The third-order valence-electron chi connectivity index (χ3n) is 2.00. The van der Waals surface area contributed by atoms with E-state index in [2.05, 4.69) is 15.3 Å². The lowest BCUT2D eigenvalue weighted by atomic mass is 10.1. The molecule has 1 rings (SSSR count). The Morgan fingerprint density at radius 3 is 2.56 bits per heavy atom. The summed E-state index contributed by atoms with van der Waals surface area (Å²) in [7, 11) is 0. The van der Waals surface area contributed by atoms with E-state index in [0.717, 1.165) is 5.69 Å². The number of carbonyl (C=O) groups is 1. The molecule has 0 unspecified atom stereocenters. The number of thioether (sulfide) groups is 1. The van der Waals surface area contributed by atoms with Crippen LogP contribution in [0, 0.1) is 6.92 Å². The molecule has 0 bridgehead atoms. The first-order valence-electron chi connectivity index (χ1n) is 5.77. The molecule has 6 heteroatoms. The van der Waals surface area contributed by atoms with Crippen molar-refractivity contribution in [2.45, 2.75) is 50.6 Å². The van der Waals surface area contributed by atoms with E-state index in [0.29, 0.717) is 11.0 Å². The van der Waals surface area contributed by atoms with E-state index in [9.17, 15) is 4.79 Å². The maximum atomic E-state index is 11.9. The average Bonchev–Trinajstić information content (AvgIpc) is 2.12. The van der Waals surface area contributed by atoms with Crippen LogP contribution in [-0.2, 0) is 4.79 Å². The number of carbonyl (C=O) groups excluding carboxylic acids is 1. The lowest BCUT2D eigenvalue weighted by molar-refractivity contribution is -0.121. The van der Waals surface area contributed by atoms with Crippen LogP contribution in [0.4, 0.5) is 5.82 Å². The minimum Gasteiger partial charge on any atom is -0.384 e. The Balaban J connectivity index is 2.69. The highest BCUT2D eigenvalue weighted by molar-refractivity contribution is 8.00. The normalized spacial score (nSPS) is 13.2. The van der Waals surface area contributed by atoms with Crippen LogP contribution in [0.5, 0.6) is 0 Å². The molecule has 1 aromatic rings. The first kappa shape index (κ1) is 14.8. The van der Waals surface area contributed by atoms with Crippen LogP contribution in [-0.4, -0.2) is 26.7 Å². The third-order valence-corrected chi connectivity index (χ3v) is 2.96. The summed E-state index contributed by atoms with van der Waals surface area (Å²) in [4.78, 5) is 20.3. The molecule has 1 aromatic heterocycles. The van der Waals surface area contributed by atoms with Gasteiger partial charge in [0.1, 0.15) is 5.82 Å². The van der Waals surface area contributed by atoms with Crippen LogP contribution < -0.4 is 11.1 Å². The van der Waals surface area contributed by atoms with E-state index in [-0.39, 0.29) is 16.7 Å². The molecule has 1 heterocycles. The van der Waals surface area contributed by atoms with Crippen molar-refractivity contribution in [2.24, 2.45) is 0 Å². The maximum Gasteiger partial charge on any atom is 0.233 e. The molecule has 18 heavy (non-hydrogen) atoms. The number of rotatable bonds is 3. The molecule has 0 aliphatic carbocycles. The fourth-order valence-corrected chi connectivity index (χ4v) is 2.14. The van der Waals surface area contributed by atoms with Gasteiger partial charge in [-0.25, -0.2) is 9.97 Å². The molecule has 3 N–H and O–H groups in total. The molecule has 100 valence electrons. The zero-order chi connectivity index (χ0) is 13.9. The molecule has 0 spiro atoms. The van der Waals surface area contributed by atoms with E-state index >= 15 is 0 Å². The number of amides is 1. The molecule has 0 saturated heterocycles. The smallest absolute Gasteiger partial charge is 0.233 e. The highest BCUT2D eigenvalue weighted by Crippen LogP contribution is 2.21. The summed E-state index contributed by atoms with van der Waals surface area (Å²) in [6.45, 7) is 9.52. The summed E-state index contributed by atoms with van der Waals surface area (Å²) in [5.41, 5.74) is 6.21. The van der Waals surface area contributed by atoms with Gasteiger partial charge >= 0.3 is 0 Å². The number of nitrogen functional groups attached to an aromatic ring is 1. The Morgan fingerprint density at radius 2 is 2.06 bits per heavy atom. The summed E-state index contributed by atoms with van der Waals surface area (Å²) in [5.74, 6) is 0.393. The predicted molar refractivity (Wildman–Crippen MR) is 74.4 cm³/mol.